The third-order valence-corrected chi connectivity index (χ3v) is 3.00. The van der Waals surface area contributed by atoms with E-state index in [1.165, 1.54) is 23.6 Å². The highest BCUT2D eigenvalue weighted by Crippen LogP contribution is 2.14. The summed E-state index contributed by atoms with van der Waals surface area (Å²) in [6, 6.07) is 4.90. The van der Waals surface area contributed by atoms with E-state index < -0.39 is 0 Å². The van der Waals surface area contributed by atoms with Gasteiger partial charge >= 0.3 is 0 Å². The Morgan fingerprint density at radius 1 is 1.41 bits per heavy atom. The molecule has 0 aliphatic rings. The molecule has 1 aromatic carbocycles. The van der Waals surface area contributed by atoms with Crippen LogP contribution in [0.1, 0.15) is 16.8 Å². The Hall–Kier alpha value is -1.75. The molecule has 2 aromatic rings. The first kappa shape index (κ1) is 11.7. The van der Waals surface area contributed by atoms with Crippen LogP contribution in [-0.2, 0) is 0 Å². The lowest BCUT2D eigenvalue weighted by Gasteiger charge is -1.98. The minimum absolute atomic E-state index is 0.281. The molecular formula is C12H12FN3S. The average molecular weight is 249 g/mol. The third kappa shape index (κ3) is 3.10. The first-order valence-electron chi connectivity index (χ1n) is 5.12. The lowest BCUT2D eigenvalue weighted by Crippen LogP contribution is -1.93. The van der Waals surface area contributed by atoms with Gasteiger partial charge in [0.15, 0.2) is 0 Å². The van der Waals surface area contributed by atoms with E-state index >= 15 is 0 Å². The van der Waals surface area contributed by atoms with Gasteiger partial charge in [-0.2, -0.15) is 5.10 Å². The lowest BCUT2D eigenvalue weighted by molar-refractivity contribution is 0.625. The predicted octanol–water partition coefficient (Wildman–Crippen LogP) is 3.35. The van der Waals surface area contributed by atoms with Crippen molar-refractivity contribution in [2.24, 2.45) is 5.10 Å². The van der Waals surface area contributed by atoms with E-state index in [0.717, 1.165) is 11.3 Å². The molecule has 1 N–H and O–H groups in total. The fourth-order valence-corrected chi connectivity index (χ4v) is 1.96. The number of thiazole rings is 1. The van der Waals surface area contributed by atoms with E-state index in [4.69, 9.17) is 0 Å². The number of hydrogen-bond donors (Lipinski definition) is 1. The summed E-state index contributed by atoms with van der Waals surface area (Å²) in [6.07, 6.45) is 1.46. The summed E-state index contributed by atoms with van der Waals surface area (Å²) in [5.41, 5.74) is 5.17. The second-order valence-corrected chi connectivity index (χ2v) is 4.55. The van der Waals surface area contributed by atoms with Crippen LogP contribution >= 0.6 is 11.3 Å². The van der Waals surface area contributed by atoms with E-state index in [-0.39, 0.29) is 5.82 Å². The molecule has 0 saturated carbocycles. The lowest BCUT2D eigenvalue weighted by atomic mass is 10.1. The topological polar surface area (TPSA) is 37.3 Å². The van der Waals surface area contributed by atoms with Crippen molar-refractivity contribution in [2.45, 2.75) is 13.8 Å². The summed E-state index contributed by atoms with van der Waals surface area (Å²) in [5.74, 6) is -0.281. The van der Waals surface area contributed by atoms with Gasteiger partial charge in [-0.1, -0.05) is 11.6 Å². The second kappa shape index (κ2) is 5.05. The summed E-state index contributed by atoms with van der Waals surface area (Å²) < 4.78 is 13.4. The van der Waals surface area contributed by atoms with Crippen molar-refractivity contribution in [1.29, 1.82) is 0 Å². The zero-order chi connectivity index (χ0) is 12.3. The van der Waals surface area contributed by atoms with Crippen LogP contribution in [0.2, 0.25) is 0 Å². The molecule has 5 heteroatoms. The monoisotopic (exact) mass is 249 g/mol. The molecule has 0 aliphatic heterocycles. The molecule has 0 radical (unpaired) electrons. The SMILES string of the molecule is Cc1ccc(F)c(C=NNc2nc(C)cs2)c1. The summed E-state index contributed by atoms with van der Waals surface area (Å²) in [7, 11) is 0. The molecule has 0 amide bonds. The number of halogens is 1. The van der Waals surface area contributed by atoms with Gasteiger partial charge in [0.2, 0.25) is 5.13 Å². The van der Waals surface area contributed by atoms with Crippen LogP contribution in [0.4, 0.5) is 9.52 Å². The van der Waals surface area contributed by atoms with Crippen LogP contribution in [-0.4, -0.2) is 11.2 Å². The molecule has 0 unspecified atom stereocenters. The van der Waals surface area contributed by atoms with Crippen molar-refractivity contribution >= 4 is 22.7 Å². The maximum absolute atomic E-state index is 13.4. The zero-order valence-electron chi connectivity index (χ0n) is 9.57. The Balaban J connectivity index is 2.07. The molecule has 17 heavy (non-hydrogen) atoms. The molecule has 0 saturated heterocycles. The van der Waals surface area contributed by atoms with Crippen molar-refractivity contribution in [3.8, 4) is 0 Å². The van der Waals surface area contributed by atoms with Crippen molar-refractivity contribution in [3.63, 3.8) is 0 Å². The quantitative estimate of drug-likeness (QED) is 0.669. The van der Waals surface area contributed by atoms with Crippen LogP contribution in [0.3, 0.4) is 0 Å². The Bertz CT molecular complexity index is 548. The summed E-state index contributed by atoms with van der Waals surface area (Å²) >= 11 is 1.46. The molecule has 0 fully saturated rings. The number of aromatic nitrogens is 1. The highest BCUT2D eigenvalue weighted by Gasteiger charge is 1.99. The number of hydrogen-bond acceptors (Lipinski definition) is 4. The summed E-state index contributed by atoms with van der Waals surface area (Å²) in [5, 5.41) is 6.58. The first-order chi connectivity index (χ1) is 8.15. The highest BCUT2D eigenvalue weighted by atomic mass is 32.1. The Kier molecular flexibility index (Phi) is 3.49. The average Bonchev–Trinajstić information content (AvgIpc) is 2.69. The molecular weight excluding hydrogens is 237 g/mol. The smallest absolute Gasteiger partial charge is 0.203 e. The number of nitrogens with zero attached hydrogens (tertiary/aromatic N) is 2. The van der Waals surface area contributed by atoms with Gasteiger partial charge in [0.1, 0.15) is 5.82 Å². The Morgan fingerprint density at radius 2 is 2.24 bits per heavy atom. The van der Waals surface area contributed by atoms with Gasteiger partial charge in [-0.15, -0.1) is 11.3 Å². The largest absolute Gasteiger partial charge is 0.253 e. The van der Waals surface area contributed by atoms with E-state index in [1.54, 1.807) is 12.1 Å². The molecule has 0 aliphatic carbocycles. The molecule has 0 spiro atoms. The summed E-state index contributed by atoms with van der Waals surface area (Å²) in [4.78, 5) is 4.18. The van der Waals surface area contributed by atoms with Crippen LogP contribution in [0, 0.1) is 19.7 Å². The van der Waals surface area contributed by atoms with E-state index in [1.807, 2.05) is 19.2 Å². The van der Waals surface area contributed by atoms with Crippen LogP contribution in [0.5, 0.6) is 0 Å². The van der Waals surface area contributed by atoms with Crippen LogP contribution < -0.4 is 5.43 Å². The third-order valence-electron chi connectivity index (χ3n) is 2.13. The molecule has 0 bridgehead atoms. The summed E-state index contributed by atoms with van der Waals surface area (Å²) in [6.45, 7) is 3.82. The molecule has 2 rings (SSSR count). The Labute approximate surface area is 103 Å². The standard InChI is InChI=1S/C12H12FN3S/c1-8-3-4-11(13)10(5-8)6-14-16-12-15-9(2)7-17-12/h3-7H,1-2H3,(H,15,16). The first-order valence-corrected chi connectivity index (χ1v) is 6.00. The van der Waals surface area contributed by atoms with Crippen LogP contribution in [0.25, 0.3) is 0 Å². The minimum Gasteiger partial charge on any atom is -0.253 e. The number of anilines is 1. The van der Waals surface area contributed by atoms with Gasteiger partial charge in [0.05, 0.1) is 11.9 Å². The molecule has 1 aromatic heterocycles. The molecule has 1 heterocycles. The minimum atomic E-state index is -0.281. The molecule has 88 valence electrons. The number of aryl methyl sites for hydroxylation is 2. The van der Waals surface area contributed by atoms with Crippen molar-refractivity contribution < 1.29 is 4.39 Å². The fraction of sp³-hybridized carbons (Fsp3) is 0.167. The second-order valence-electron chi connectivity index (χ2n) is 3.69. The van der Waals surface area contributed by atoms with E-state index in [2.05, 4.69) is 15.5 Å². The normalized spacial score (nSPS) is 11.0. The van der Waals surface area contributed by atoms with Crippen molar-refractivity contribution in [2.75, 3.05) is 5.43 Å². The molecule has 0 atom stereocenters. The van der Waals surface area contributed by atoms with E-state index in [9.17, 15) is 4.39 Å². The van der Waals surface area contributed by atoms with Gasteiger partial charge in [-0.25, -0.2) is 9.37 Å². The maximum atomic E-state index is 13.4. The fourth-order valence-electron chi connectivity index (χ4n) is 1.32. The number of benzene rings is 1. The predicted molar refractivity (Wildman–Crippen MR) is 69.2 cm³/mol. The highest BCUT2D eigenvalue weighted by molar-refractivity contribution is 7.13. The number of nitrogens with one attached hydrogen (secondary N) is 1. The van der Waals surface area contributed by atoms with Crippen molar-refractivity contribution in [1.82, 2.24) is 4.98 Å². The van der Waals surface area contributed by atoms with Crippen LogP contribution in [0.15, 0.2) is 28.7 Å². The Morgan fingerprint density at radius 3 is 2.94 bits per heavy atom. The zero-order valence-corrected chi connectivity index (χ0v) is 10.4. The number of hydrazone groups is 1. The van der Waals surface area contributed by atoms with E-state index in [0.29, 0.717) is 10.7 Å². The van der Waals surface area contributed by atoms with Gasteiger partial charge in [0, 0.05) is 10.9 Å². The van der Waals surface area contributed by atoms with Gasteiger partial charge in [0.25, 0.3) is 0 Å². The maximum Gasteiger partial charge on any atom is 0.203 e. The van der Waals surface area contributed by atoms with Gasteiger partial charge in [-0.3, -0.25) is 5.43 Å². The molecule has 3 nitrogen and oxygen atoms in total. The van der Waals surface area contributed by atoms with Crippen molar-refractivity contribution in [3.05, 3.63) is 46.2 Å². The van der Waals surface area contributed by atoms with Gasteiger partial charge in [-0.05, 0) is 26.0 Å². The van der Waals surface area contributed by atoms with Gasteiger partial charge < -0.3 is 0 Å². The number of rotatable bonds is 3.